The van der Waals surface area contributed by atoms with Crippen LogP contribution in [-0.4, -0.2) is 39.9 Å². The molecular weight excluding hydrogens is 793 g/mol. The summed E-state index contributed by atoms with van der Waals surface area (Å²) in [6.45, 7) is 0. The lowest BCUT2D eigenvalue weighted by Crippen LogP contribution is -2.01. The Kier molecular flexibility index (Phi) is 7.97. The lowest BCUT2D eigenvalue weighted by atomic mass is 9.91. The smallest absolute Gasteiger partial charge is 0.227 e. The van der Waals surface area contributed by atoms with Crippen molar-refractivity contribution in [1.29, 1.82) is 0 Å². The minimum Gasteiger partial charge on any atom is -0.452 e. The molecule has 0 saturated carbocycles. The number of rotatable bonds is 6. The van der Waals surface area contributed by atoms with Crippen molar-refractivity contribution in [2.75, 3.05) is 0 Å². The van der Waals surface area contributed by atoms with Gasteiger partial charge in [-0.05, 0) is 106 Å². The number of benzene rings is 6. The number of hydrogen-bond acceptors (Lipinski definition) is 10. The quantitative estimate of drug-likeness (QED) is 0.160. The maximum Gasteiger partial charge on any atom is 0.227 e. The molecule has 0 aliphatic carbocycles. The van der Waals surface area contributed by atoms with Crippen molar-refractivity contribution in [2.45, 2.75) is 0 Å². The normalized spacial score (nSPS) is 11.8. The van der Waals surface area contributed by atoms with Gasteiger partial charge in [-0.2, -0.15) is 0 Å². The molecule has 7 aromatic heterocycles. The van der Waals surface area contributed by atoms with E-state index >= 15 is 0 Å². The Balaban J connectivity index is 0.873. The van der Waals surface area contributed by atoms with Gasteiger partial charge in [-0.25, -0.2) is 19.9 Å². The molecule has 0 aliphatic heterocycles. The minimum absolute atomic E-state index is 0.483. The average Bonchev–Trinajstić information content (AvgIpc) is 3.98. The Labute approximate surface area is 363 Å². The molecule has 10 nitrogen and oxygen atoms in total. The predicted octanol–water partition coefficient (Wildman–Crippen LogP) is 13.0. The van der Waals surface area contributed by atoms with Crippen molar-refractivity contribution in [1.82, 2.24) is 39.9 Å². The Hall–Kier alpha value is -9.02. The third kappa shape index (κ3) is 5.96. The summed E-state index contributed by atoms with van der Waals surface area (Å²) < 4.78 is 12.9. The number of aromatic nitrogens is 8. The summed E-state index contributed by atoms with van der Waals surface area (Å²) in [7, 11) is 0. The molecule has 10 heteroatoms. The maximum absolute atomic E-state index is 6.57. The van der Waals surface area contributed by atoms with Gasteiger partial charge < -0.3 is 8.83 Å². The number of furan rings is 1. The first kappa shape index (κ1) is 35.7. The highest BCUT2D eigenvalue weighted by atomic mass is 16.4. The third-order valence-electron chi connectivity index (χ3n) is 11.8. The van der Waals surface area contributed by atoms with Crippen LogP contribution in [0.2, 0.25) is 0 Å². The molecule has 298 valence electrons. The van der Waals surface area contributed by atoms with E-state index < -0.39 is 0 Å². The highest BCUT2D eigenvalue weighted by Crippen LogP contribution is 2.41. The number of oxazole rings is 1. The van der Waals surface area contributed by atoms with Crippen LogP contribution in [-0.2, 0) is 0 Å². The lowest BCUT2D eigenvalue weighted by Gasteiger charge is -2.13. The topological polar surface area (TPSA) is 129 Å². The molecular formula is C54H30N8O2. The summed E-state index contributed by atoms with van der Waals surface area (Å²) in [5.41, 5.74) is 13.5. The summed E-state index contributed by atoms with van der Waals surface area (Å²) >= 11 is 0. The molecule has 0 spiro atoms. The van der Waals surface area contributed by atoms with Gasteiger partial charge in [0.25, 0.3) is 0 Å². The summed E-state index contributed by atoms with van der Waals surface area (Å²) in [5.74, 6) is 2.06. The molecule has 0 amide bonds. The second kappa shape index (κ2) is 14.3. The maximum atomic E-state index is 6.57. The Bertz CT molecular complexity index is 3880. The van der Waals surface area contributed by atoms with Gasteiger partial charge in [0.05, 0.1) is 22.1 Å². The molecule has 0 N–H and O–H groups in total. The zero-order chi connectivity index (χ0) is 42.1. The van der Waals surface area contributed by atoms with Crippen molar-refractivity contribution < 1.29 is 8.83 Å². The van der Waals surface area contributed by atoms with Crippen LogP contribution >= 0.6 is 0 Å². The van der Waals surface area contributed by atoms with Crippen molar-refractivity contribution in [2.24, 2.45) is 0 Å². The largest absolute Gasteiger partial charge is 0.452 e. The van der Waals surface area contributed by atoms with Gasteiger partial charge in [0.1, 0.15) is 11.1 Å². The third-order valence-corrected chi connectivity index (χ3v) is 11.8. The molecule has 0 fully saturated rings. The molecule has 0 unspecified atom stereocenters. The van der Waals surface area contributed by atoms with E-state index in [0.717, 1.165) is 99.2 Å². The number of hydrogen-bond donors (Lipinski definition) is 0. The van der Waals surface area contributed by atoms with Gasteiger partial charge in [-0.3, -0.25) is 19.9 Å². The van der Waals surface area contributed by atoms with Crippen LogP contribution < -0.4 is 0 Å². The zero-order valence-corrected chi connectivity index (χ0v) is 33.7. The highest BCUT2D eigenvalue weighted by Gasteiger charge is 2.19. The molecule has 13 rings (SSSR count). The summed E-state index contributed by atoms with van der Waals surface area (Å²) in [6.07, 6.45) is 7.06. The Morgan fingerprint density at radius 3 is 1.56 bits per heavy atom. The minimum atomic E-state index is 0.483. The van der Waals surface area contributed by atoms with Crippen LogP contribution in [0.5, 0.6) is 0 Å². The summed E-state index contributed by atoms with van der Waals surface area (Å²) in [6, 6.07) is 53.2. The van der Waals surface area contributed by atoms with Crippen molar-refractivity contribution in [3.8, 4) is 67.9 Å². The molecule has 6 aromatic carbocycles. The number of pyridine rings is 4. The Morgan fingerprint density at radius 2 is 0.891 bits per heavy atom. The van der Waals surface area contributed by atoms with E-state index in [1.807, 2.05) is 72.8 Å². The van der Waals surface area contributed by atoms with Gasteiger partial charge in [0.15, 0.2) is 28.6 Å². The summed E-state index contributed by atoms with van der Waals surface area (Å²) in [5, 5.41) is 4.28. The second-order valence-corrected chi connectivity index (χ2v) is 15.6. The zero-order valence-electron chi connectivity index (χ0n) is 33.7. The SMILES string of the molecule is c1ccc(-c2nc3ccc4c5ccc(-c6ccc(-c7ccc(-c8nc(-c9cnc%10cccnc%10c9)nc(-c9cnc%10cccnc%10c9)n8)cc7)c7ccccc67)cc5oc4c3o2)cc1. The van der Waals surface area contributed by atoms with E-state index in [0.29, 0.717) is 34.5 Å². The van der Waals surface area contributed by atoms with E-state index in [4.69, 9.17) is 28.8 Å². The van der Waals surface area contributed by atoms with Crippen LogP contribution in [0.3, 0.4) is 0 Å². The predicted molar refractivity (Wildman–Crippen MR) is 251 cm³/mol. The van der Waals surface area contributed by atoms with Crippen LogP contribution in [0, 0.1) is 0 Å². The molecule has 0 saturated heterocycles. The lowest BCUT2D eigenvalue weighted by molar-refractivity contribution is 0.603. The van der Waals surface area contributed by atoms with Gasteiger partial charge in [0, 0.05) is 57.8 Å². The molecule has 0 aliphatic rings. The van der Waals surface area contributed by atoms with Gasteiger partial charge >= 0.3 is 0 Å². The van der Waals surface area contributed by atoms with Gasteiger partial charge in [-0.15, -0.1) is 0 Å². The van der Waals surface area contributed by atoms with Crippen molar-refractivity contribution in [3.05, 3.63) is 183 Å². The average molecular weight is 823 g/mol. The fraction of sp³-hybridized carbons (Fsp3) is 0. The first-order valence-corrected chi connectivity index (χ1v) is 20.8. The summed E-state index contributed by atoms with van der Waals surface area (Å²) in [4.78, 5) is 38.0. The Morgan fingerprint density at radius 1 is 0.312 bits per heavy atom. The van der Waals surface area contributed by atoms with E-state index in [1.165, 1.54) is 0 Å². The van der Waals surface area contributed by atoms with Crippen LogP contribution in [0.4, 0.5) is 0 Å². The van der Waals surface area contributed by atoms with Gasteiger partial charge in [-0.1, -0.05) is 84.9 Å². The monoisotopic (exact) mass is 822 g/mol. The molecule has 13 aromatic rings. The van der Waals surface area contributed by atoms with Gasteiger partial charge in [0.2, 0.25) is 5.89 Å². The van der Waals surface area contributed by atoms with E-state index in [1.54, 1.807) is 24.8 Å². The van der Waals surface area contributed by atoms with E-state index in [9.17, 15) is 0 Å². The van der Waals surface area contributed by atoms with Crippen molar-refractivity contribution >= 4 is 65.9 Å². The first-order valence-electron chi connectivity index (χ1n) is 20.8. The van der Waals surface area contributed by atoms with E-state index in [2.05, 4.69) is 105 Å². The van der Waals surface area contributed by atoms with Crippen LogP contribution in [0.15, 0.2) is 191 Å². The molecule has 7 heterocycles. The van der Waals surface area contributed by atoms with E-state index in [-0.39, 0.29) is 0 Å². The molecule has 64 heavy (non-hydrogen) atoms. The standard InChI is InChI=1S/C54H30N8O2/c1-2-8-33(9-3-1)54-59-45-23-22-42-41-19-18-34(28-48(41)63-49(42)50(45)64-54)38-21-20-37(39-10-4-5-11-40(38)39)31-14-16-32(17-15-31)51-60-52(35-26-46-43(57-29-35)12-6-24-55-46)62-53(61-51)36-27-47-44(58-30-36)13-7-25-56-47/h1-30H. The number of fused-ring (bicyclic) bond motifs is 8. The highest BCUT2D eigenvalue weighted by molar-refractivity contribution is 6.14. The molecule has 0 bridgehead atoms. The molecule has 0 radical (unpaired) electrons. The number of nitrogens with zero attached hydrogens (tertiary/aromatic N) is 8. The fourth-order valence-electron chi connectivity index (χ4n) is 8.61. The van der Waals surface area contributed by atoms with Crippen molar-refractivity contribution in [3.63, 3.8) is 0 Å². The second-order valence-electron chi connectivity index (χ2n) is 15.6. The first-order chi connectivity index (χ1) is 31.7. The fourth-order valence-corrected chi connectivity index (χ4v) is 8.61. The van der Waals surface area contributed by atoms with Crippen LogP contribution in [0.25, 0.3) is 134 Å². The van der Waals surface area contributed by atoms with Crippen LogP contribution in [0.1, 0.15) is 0 Å². The molecule has 0 atom stereocenters.